The van der Waals surface area contributed by atoms with E-state index in [1.807, 2.05) is 0 Å². The van der Waals surface area contributed by atoms with E-state index in [9.17, 15) is 16.8 Å². The van der Waals surface area contributed by atoms with Gasteiger partial charge in [0.15, 0.2) is 19.7 Å². The first-order chi connectivity index (χ1) is 9.26. The molecule has 0 radical (unpaired) electrons. The van der Waals surface area contributed by atoms with Crippen LogP contribution in [-0.4, -0.2) is 44.6 Å². The zero-order chi connectivity index (χ0) is 14.5. The minimum absolute atomic E-state index is 0.0705. The fourth-order valence-corrected chi connectivity index (χ4v) is 5.11. The summed E-state index contributed by atoms with van der Waals surface area (Å²) in [5, 5.41) is 0. The summed E-state index contributed by atoms with van der Waals surface area (Å²) in [6.07, 6.45) is 1.66. The van der Waals surface area contributed by atoms with Crippen molar-refractivity contribution in [2.24, 2.45) is 0 Å². The average molecular weight is 314 g/mol. The van der Waals surface area contributed by atoms with Gasteiger partial charge >= 0.3 is 0 Å². The smallest absolute Gasteiger partial charge is 0.177 e. The average Bonchev–Trinajstić information content (AvgIpc) is 2.89. The Morgan fingerprint density at radius 1 is 1.35 bits per heavy atom. The molecule has 0 amide bonds. The Labute approximate surface area is 117 Å². The van der Waals surface area contributed by atoms with Gasteiger partial charge in [0.2, 0.25) is 0 Å². The van der Waals surface area contributed by atoms with Gasteiger partial charge in [-0.15, -0.1) is 0 Å². The maximum Gasteiger partial charge on any atom is 0.177 e. The molecule has 108 valence electrons. The number of H-pyrrole nitrogens is 1. The molecule has 1 aromatic carbocycles. The van der Waals surface area contributed by atoms with Crippen LogP contribution in [0.1, 0.15) is 18.2 Å². The van der Waals surface area contributed by atoms with Crippen molar-refractivity contribution in [3.63, 3.8) is 0 Å². The number of benzene rings is 1. The predicted molar refractivity (Wildman–Crippen MR) is 75.2 cm³/mol. The molecular formula is C12H14N2O4S2. The zero-order valence-electron chi connectivity index (χ0n) is 10.8. The van der Waals surface area contributed by atoms with E-state index < -0.39 is 19.7 Å². The van der Waals surface area contributed by atoms with Crippen LogP contribution >= 0.6 is 0 Å². The van der Waals surface area contributed by atoms with Crippen molar-refractivity contribution < 1.29 is 16.8 Å². The van der Waals surface area contributed by atoms with Gasteiger partial charge in [-0.25, -0.2) is 21.8 Å². The van der Waals surface area contributed by atoms with Crippen LogP contribution in [0.4, 0.5) is 0 Å². The van der Waals surface area contributed by atoms with Crippen molar-refractivity contribution >= 4 is 30.7 Å². The standard InChI is InChI=1S/C12H14N2O4S2/c1-19(15,16)10-4-2-3-9-11(10)14-12(13-9)8-5-6-20(17,18)7-8/h2-4,8H,5-7H2,1H3,(H,13,14). The second-order valence-electron chi connectivity index (χ2n) is 5.15. The minimum Gasteiger partial charge on any atom is -0.342 e. The molecule has 1 atom stereocenters. The number of sulfone groups is 2. The first-order valence-electron chi connectivity index (χ1n) is 6.15. The van der Waals surface area contributed by atoms with Crippen molar-refractivity contribution in [3.8, 4) is 0 Å². The summed E-state index contributed by atoms with van der Waals surface area (Å²) in [6, 6.07) is 4.89. The van der Waals surface area contributed by atoms with Crippen LogP contribution in [0.5, 0.6) is 0 Å². The van der Waals surface area contributed by atoms with Gasteiger partial charge < -0.3 is 4.98 Å². The maximum atomic E-state index is 11.7. The van der Waals surface area contributed by atoms with Crippen molar-refractivity contribution in [1.82, 2.24) is 9.97 Å². The Morgan fingerprint density at radius 3 is 2.70 bits per heavy atom. The fraction of sp³-hybridized carbons (Fsp3) is 0.417. The number of hydrogen-bond donors (Lipinski definition) is 1. The molecule has 20 heavy (non-hydrogen) atoms. The number of hydrogen-bond acceptors (Lipinski definition) is 5. The number of aromatic amines is 1. The molecule has 0 aliphatic carbocycles. The van der Waals surface area contributed by atoms with E-state index >= 15 is 0 Å². The number of para-hydroxylation sites is 1. The van der Waals surface area contributed by atoms with E-state index in [2.05, 4.69) is 9.97 Å². The summed E-state index contributed by atoms with van der Waals surface area (Å²) in [5.74, 6) is 0.603. The third-order valence-corrected chi connectivity index (χ3v) is 6.41. The number of rotatable bonds is 2. The first-order valence-corrected chi connectivity index (χ1v) is 9.87. The third-order valence-electron chi connectivity index (χ3n) is 3.51. The third kappa shape index (κ3) is 2.33. The van der Waals surface area contributed by atoms with Gasteiger partial charge in [0.1, 0.15) is 11.3 Å². The number of nitrogens with one attached hydrogen (secondary N) is 1. The quantitative estimate of drug-likeness (QED) is 0.887. The number of imidazole rings is 1. The molecular weight excluding hydrogens is 300 g/mol. The zero-order valence-corrected chi connectivity index (χ0v) is 12.5. The fourth-order valence-electron chi connectivity index (χ4n) is 2.53. The molecule has 1 unspecified atom stereocenters. The van der Waals surface area contributed by atoms with Gasteiger partial charge in [0, 0.05) is 12.2 Å². The lowest BCUT2D eigenvalue weighted by Crippen LogP contribution is -2.05. The lowest BCUT2D eigenvalue weighted by atomic mass is 10.1. The highest BCUT2D eigenvalue weighted by atomic mass is 32.2. The SMILES string of the molecule is CS(=O)(=O)c1cccc2[nH]c(C3CCS(=O)(=O)C3)nc12. The maximum absolute atomic E-state index is 11.7. The molecule has 8 heteroatoms. The Hall–Kier alpha value is -1.41. The van der Waals surface area contributed by atoms with Gasteiger partial charge in [0.25, 0.3) is 0 Å². The lowest BCUT2D eigenvalue weighted by molar-refractivity contribution is 0.599. The van der Waals surface area contributed by atoms with Crippen LogP contribution in [0.15, 0.2) is 23.1 Å². The summed E-state index contributed by atoms with van der Waals surface area (Å²) in [7, 11) is -6.36. The van der Waals surface area contributed by atoms with E-state index in [1.54, 1.807) is 12.1 Å². The van der Waals surface area contributed by atoms with Crippen LogP contribution in [0.25, 0.3) is 11.0 Å². The van der Waals surface area contributed by atoms with Gasteiger partial charge in [-0.3, -0.25) is 0 Å². The molecule has 3 rings (SSSR count). The highest BCUT2D eigenvalue weighted by Gasteiger charge is 2.31. The monoisotopic (exact) mass is 314 g/mol. The van der Waals surface area contributed by atoms with Crippen LogP contribution in [-0.2, 0) is 19.7 Å². The predicted octanol–water partition coefficient (Wildman–Crippen LogP) is 0.869. The molecule has 1 aromatic heterocycles. The second-order valence-corrected chi connectivity index (χ2v) is 9.36. The molecule has 1 fully saturated rings. The Bertz CT molecular complexity index is 881. The largest absolute Gasteiger partial charge is 0.342 e. The second kappa shape index (κ2) is 4.29. The van der Waals surface area contributed by atoms with Crippen molar-refractivity contribution in [1.29, 1.82) is 0 Å². The first kappa shape index (κ1) is 13.6. The van der Waals surface area contributed by atoms with Gasteiger partial charge in [0.05, 0.1) is 21.9 Å². The topological polar surface area (TPSA) is 97.0 Å². The Balaban J connectivity index is 2.13. The van der Waals surface area contributed by atoms with Crippen LogP contribution in [0, 0.1) is 0 Å². The molecule has 2 heterocycles. The summed E-state index contributed by atoms with van der Waals surface area (Å²) >= 11 is 0. The summed E-state index contributed by atoms with van der Waals surface area (Å²) in [5.41, 5.74) is 1.00. The van der Waals surface area contributed by atoms with Crippen LogP contribution < -0.4 is 0 Å². The molecule has 1 aliphatic heterocycles. The van der Waals surface area contributed by atoms with E-state index in [4.69, 9.17) is 0 Å². The Morgan fingerprint density at radius 2 is 2.10 bits per heavy atom. The molecule has 0 spiro atoms. The van der Waals surface area contributed by atoms with Crippen molar-refractivity contribution in [2.75, 3.05) is 17.8 Å². The molecule has 1 N–H and O–H groups in total. The number of aromatic nitrogens is 2. The molecule has 1 aliphatic rings. The normalized spacial score (nSPS) is 22.4. The number of fused-ring (bicyclic) bond motifs is 1. The van der Waals surface area contributed by atoms with E-state index in [1.165, 1.54) is 6.07 Å². The lowest BCUT2D eigenvalue weighted by Gasteiger charge is -2.01. The molecule has 0 saturated carbocycles. The van der Waals surface area contributed by atoms with Gasteiger partial charge in [-0.1, -0.05) is 6.07 Å². The van der Waals surface area contributed by atoms with E-state index in [-0.39, 0.29) is 22.3 Å². The Kier molecular flexibility index (Phi) is 2.91. The highest BCUT2D eigenvalue weighted by molar-refractivity contribution is 7.91. The summed E-state index contributed by atoms with van der Waals surface area (Å²) in [4.78, 5) is 7.54. The van der Waals surface area contributed by atoms with Gasteiger partial charge in [-0.2, -0.15) is 0 Å². The van der Waals surface area contributed by atoms with Crippen molar-refractivity contribution in [2.45, 2.75) is 17.2 Å². The van der Waals surface area contributed by atoms with E-state index in [0.29, 0.717) is 23.3 Å². The van der Waals surface area contributed by atoms with Crippen molar-refractivity contribution in [3.05, 3.63) is 24.0 Å². The van der Waals surface area contributed by atoms with Gasteiger partial charge in [-0.05, 0) is 18.6 Å². The summed E-state index contributed by atoms with van der Waals surface area (Å²) in [6.45, 7) is 0. The highest BCUT2D eigenvalue weighted by Crippen LogP contribution is 2.30. The number of nitrogens with zero attached hydrogens (tertiary/aromatic N) is 1. The molecule has 0 bridgehead atoms. The molecule has 6 nitrogen and oxygen atoms in total. The molecule has 1 saturated heterocycles. The minimum atomic E-state index is -3.36. The summed E-state index contributed by atoms with van der Waals surface area (Å²) < 4.78 is 46.5. The van der Waals surface area contributed by atoms with Crippen LogP contribution in [0.3, 0.4) is 0 Å². The van der Waals surface area contributed by atoms with E-state index in [0.717, 1.165) is 6.26 Å². The van der Waals surface area contributed by atoms with Crippen LogP contribution in [0.2, 0.25) is 0 Å². The molecule has 2 aromatic rings.